The van der Waals surface area contributed by atoms with Crippen LogP contribution in [0.15, 0.2) is 11.6 Å². The number of hydrogen-bond acceptors (Lipinski definition) is 5. The molecule has 2 fully saturated rings. The number of allylic oxidation sites excluding steroid dienone is 2. The van der Waals surface area contributed by atoms with Crippen LogP contribution in [0.5, 0.6) is 0 Å². The lowest BCUT2D eigenvalue weighted by molar-refractivity contribution is -0.119. The number of carbonyl (C=O) groups is 1. The summed E-state index contributed by atoms with van der Waals surface area (Å²) in [5.41, 5.74) is 0.454. The Labute approximate surface area is 201 Å². The van der Waals surface area contributed by atoms with Crippen molar-refractivity contribution in [1.29, 1.82) is 0 Å². The Kier molecular flexibility index (Phi) is 8.20. The lowest BCUT2D eigenvalue weighted by Gasteiger charge is -2.50. The van der Waals surface area contributed by atoms with Crippen LogP contribution in [0.25, 0.3) is 0 Å². The molecule has 0 aromatic rings. The maximum atomic E-state index is 13.1. The number of ketones is 1. The van der Waals surface area contributed by atoms with Gasteiger partial charge in [-0.15, -0.1) is 0 Å². The van der Waals surface area contributed by atoms with Crippen LogP contribution in [0.4, 0.5) is 0 Å². The zero-order valence-corrected chi connectivity index (χ0v) is 21.8. The van der Waals surface area contributed by atoms with E-state index in [1.54, 1.807) is 0 Å². The molecule has 33 heavy (non-hydrogen) atoms. The van der Waals surface area contributed by atoms with Crippen LogP contribution in [0.2, 0.25) is 0 Å². The van der Waals surface area contributed by atoms with Crippen molar-refractivity contribution in [3.63, 3.8) is 0 Å². The first-order valence-corrected chi connectivity index (χ1v) is 13.2. The zero-order valence-electron chi connectivity index (χ0n) is 21.8. The van der Waals surface area contributed by atoms with Crippen molar-refractivity contribution in [3.05, 3.63) is 11.6 Å². The lowest BCUT2D eigenvalue weighted by Crippen LogP contribution is -2.48. The number of methoxy groups -OCH3 is 1. The van der Waals surface area contributed by atoms with Crippen molar-refractivity contribution in [1.82, 2.24) is 0 Å². The fourth-order valence-electron chi connectivity index (χ4n) is 7.40. The largest absolute Gasteiger partial charge is 0.390 e. The molecule has 2 saturated carbocycles. The average Bonchev–Trinajstić information content (AvgIpc) is 3.09. The molecule has 0 saturated heterocycles. The molecule has 0 aromatic heterocycles. The Morgan fingerprint density at radius 1 is 1.06 bits per heavy atom. The zero-order chi connectivity index (χ0) is 24.6. The third kappa shape index (κ3) is 5.74. The van der Waals surface area contributed by atoms with E-state index in [0.717, 1.165) is 51.4 Å². The minimum atomic E-state index is -0.824. The number of ether oxygens (including phenoxy) is 1. The normalized spacial score (nSPS) is 41.5. The average molecular weight is 465 g/mol. The van der Waals surface area contributed by atoms with Crippen LogP contribution in [0.3, 0.4) is 0 Å². The summed E-state index contributed by atoms with van der Waals surface area (Å²) in [5, 5.41) is 30.9. The van der Waals surface area contributed by atoms with Gasteiger partial charge in [-0.3, -0.25) is 4.79 Å². The highest BCUT2D eigenvalue weighted by atomic mass is 16.5. The van der Waals surface area contributed by atoms with E-state index in [0.29, 0.717) is 30.6 Å². The summed E-state index contributed by atoms with van der Waals surface area (Å²) >= 11 is 0. The maximum Gasteiger partial charge on any atom is 0.158 e. The molecule has 0 aliphatic heterocycles. The molecule has 5 nitrogen and oxygen atoms in total. The molecule has 0 bridgehead atoms. The van der Waals surface area contributed by atoms with Gasteiger partial charge < -0.3 is 20.1 Å². The third-order valence-corrected chi connectivity index (χ3v) is 9.55. The first-order valence-electron chi connectivity index (χ1n) is 13.2. The molecule has 3 aliphatic rings. The van der Waals surface area contributed by atoms with E-state index >= 15 is 0 Å². The van der Waals surface area contributed by atoms with Crippen LogP contribution in [0, 0.1) is 29.1 Å². The first kappa shape index (κ1) is 26.8. The Hall–Kier alpha value is -0.750. The van der Waals surface area contributed by atoms with E-state index in [1.807, 2.05) is 34.0 Å². The Bertz CT molecular complexity index is 724. The highest BCUT2D eigenvalue weighted by Gasteiger charge is 2.57. The van der Waals surface area contributed by atoms with Crippen LogP contribution in [-0.4, -0.2) is 51.6 Å². The molecule has 0 amide bonds. The molecule has 0 radical (unpaired) electrons. The van der Waals surface area contributed by atoms with Gasteiger partial charge in [0.05, 0.1) is 23.4 Å². The third-order valence-electron chi connectivity index (χ3n) is 9.55. The van der Waals surface area contributed by atoms with E-state index in [4.69, 9.17) is 4.74 Å². The van der Waals surface area contributed by atoms with Crippen molar-refractivity contribution < 1.29 is 24.9 Å². The monoisotopic (exact) mass is 464 g/mol. The van der Waals surface area contributed by atoms with Gasteiger partial charge in [-0.05, 0) is 114 Å². The number of aliphatic hydroxyl groups excluding tert-OH is 2. The molecule has 5 heteroatoms. The Balaban J connectivity index is 1.86. The molecule has 0 heterocycles. The van der Waals surface area contributed by atoms with Gasteiger partial charge in [0.15, 0.2) is 5.78 Å². The van der Waals surface area contributed by atoms with Gasteiger partial charge in [0.2, 0.25) is 0 Å². The smallest absolute Gasteiger partial charge is 0.158 e. The standard InChI is InChI=1S/C28H48O5/c1-18-16-24(31)22(29)10-8-19-12-15-27(4)21(20(19)17-23(18)30)9-11-25(27)28(5,33-6)14-7-13-26(2,3)32/h17-19,21-22,24-25,29,31-32H,7-16H2,1-6H3/b20-17+. The number of aliphatic hydroxyl groups is 3. The van der Waals surface area contributed by atoms with E-state index in [2.05, 4.69) is 13.8 Å². The van der Waals surface area contributed by atoms with Gasteiger partial charge in [-0.1, -0.05) is 19.4 Å². The highest BCUT2D eigenvalue weighted by molar-refractivity contribution is 5.92. The van der Waals surface area contributed by atoms with Gasteiger partial charge in [0.1, 0.15) is 0 Å². The summed E-state index contributed by atoms with van der Waals surface area (Å²) in [4.78, 5) is 13.1. The summed E-state index contributed by atoms with van der Waals surface area (Å²) in [7, 11) is 1.83. The van der Waals surface area contributed by atoms with E-state index in [-0.39, 0.29) is 22.7 Å². The Morgan fingerprint density at radius 2 is 1.76 bits per heavy atom. The molecule has 190 valence electrons. The van der Waals surface area contributed by atoms with E-state index in [1.165, 1.54) is 5.57 Å². The number of hydrogen-bond donors (Lipinski definition) is 3. The van der Waals surface area contributed by atoms with E-state index < -0.39 is 17.8 Å². The maximum absolute atomic E-state index is 13.1. The predicted molar refractivity (Wildman–Crippen MR) is 131 cm³/mol. The molecular weight excluding hydrogens is 416 g/mol. The van der Waals surface area contributed by atoms with Gasteiger partial charge >= 0.3 is 0 Å². The minimum absolute atomic E-state index is 0.0770. The summed E-state index contributed by atoms with van der Waals surface area (Å²) < 4.78 is 6.20. The molecule has 3 aliphatic carbocycles. The molecule has 3 rings (SSSR count). The number of rotatable bonds is 6. The van der Waals surface area contributed by atoms with Crippen LogP contribution in [-0.2, 0) is 9.53 Å². The fourth-order valence-corrected chi connectivity index (χ4v) is 7.40. The van der Waals surface area contributed by atoms with Gasteiger partial charge in [-0.25, -0.2) is 0 Å². The van der Waals surface area contributed by atoms with E-state index in [9.17, 15) is 20.1 Å². The summed E-state index contributed by atoms with van der Waals surface area (Å²) in [6, 6.07) is 0. The van der Waals surface area contributed by atoms with Crippen LogP contribution >= 0.6 is 0 Å². The lowest BCUT2D eigenvalue weighted by atomic mass is 9.56. The van der Waals surface area contributed by atoms with Gasteiger partial charge in [0.25, 0.3) is 0 Å². The summed E-state index contributed by atoms with van der Waals surface area (Å²) in [6.45, 7) is 10.3. The highest BCUT2D eigenvalue weighted by Crippen LogP contribution is 2.63. The second-order valence-electron chi connectivity index (χ2n) is 12.5. The summed E-state index contributed by atoms with van der Waals surface area (Å²) in [5.74, 6) is 0.886. The Morgan fingerprint density at radius 3 is 2.39 bits per heavy atom. The number of fused-ring (bicyclic) bond motifs is 3. The molecular formula is C28H48O5. The van der Waals surface area contributed by atoms with Crippen molar-refractivity contribution >= 4 is 5.78 Å². The van der Waals surface area contributed by atoms with Crippen LogP contribution in [0.1, 0.15) is 98.8 Å². The molecule has 0 aromatic carbocycles. The van der Waals surface area contributed by atoms with Crippen molar-refractivity contribution in [2.75, 3.05) is 7.11 Å². The second kappa shape index (κ2) is 10.1. The molecule has 0 spiro atoms. The van der Waals surface area contributed by atoms with Crippen LogP contribution < -0.4 is 0 Å². The first-order chi connectivity index (χ1) is 15.3. The van der Waals surface area contributed by atoms with Gasteiger partial charge in [0, 0.05) is 13.0 Å². The second-order valence-corrected chi connectivity index (χ2v) is 12.5. The topological polar surface area (TPSA) is 87.0 Å². The minimum Gasteiger partial charge on any atom is -0.390 e. The number of carbonyl (C=O) groups excluding carboxylic acids is 1. The molecule has 3 N–H and O–H groups in total. The molecule has 8 atom stereocenters. The quantitative estimate of drug-likeness (QED) is 0.525. The summed E-state index contributed by atoms with van der Waals surface area (Å²) in [6.07, 6.45) is 8.96. The van der Waals surface area contributed by atoms with Gasteiger partial charge in [-0.2, -0.15) is 0 Å². The molecule has 8 unspecified atom stereocenters. The predicted octanol–water partition coefficient (Wildman–Crippen LogP) is 4.81. The van der Waals surface area contributed by atoms with Crippen molar-refractivity contribution in [2.45, 2.75) is 122 Å². The fraction of sp³-hybridized carbons (Fsp3) is 0.893. The van der Waals surface area contributed by atoms with Crippen molar-refractivity contribution in [3.8, 4) is 0 Å². The SMILES string of the molecule is COC(C)(CCCC(C)(C)O)C1CCC2/C3=C/C(=O)C(C)CC(O)C(O)CCC3CCC21C. The van der Waals surface area contributed by atoms with Crippen molar-refractivity contribution in [2.24, 2.45) is 29.1 Å².